The Kier molecular flexibility index (Phi) is 4.54. The molecule has 1 saturated heterocycles. The first-order chi connectivity index (χ1) is 6.53. The minimum Gasteiger partial charge on any atom is -0.389 e. The van der Waals surface area contributed by atoms with Gasteiger partial charge in [-0.2, -0.15) is 0 Å². The van der Waals surface area contributed by atoms with Crippen molar-refractivity contribution in [2.75, 3.05) is 18.1 Å². The van der Waals surface area contributed by atoms with Gasteiger partial charge >= 0.3 is 0 Å². The first-order valence-corrected chi connectivity index (χ1v) is 6.83. The van der Waals surface area contributed by atoms with Crippen LogP contribution in [0.15, 0.2) is 0 Å². The van der Waals surface area contributed by atoms with Gasteiger partial charge in [0.2, 0.25) is 0 Å². The number of hydrogen-bond acceptors (Lipinski definition) is 3. The summed E-state index contributed by atoms with van der Waals surface area (Å²) in [5.41, 5.74) is -0.601. The van der Waals surface area contributed by atoms with Crippen LogP contribution in [0.2, 0.25) is 0 Å². The summed E-state index contributed by atoms with van der Waals surface area (Å²) >= 11 is 0. The molecule has 1 rings (SSSR count). The van der Waals surface area contributed by atoms with Crippen molar-refractivity contribution in [3.05, 3.63) is 0 Å². The molecule has 14 heavy (non-hydrogen) atoms. The molecular weight excluding hydrogens is 198 g/mol. The summed E-state index contributed by atoms with van der Waals surface area (Å²) in [6.45, 7) is 4.47. The maximum Gasteiger partial charge on any atom is 0.0741 e. The molecule has 0 amide bonds. The van der Waals surface area contributed by atoms with E-state index in [2.05, 4.69) is 5.32 Å². The molecule has 84 valence electrons. The predicted molar refractivity (Wildman–Crippen MR) is 59.8 cm³/mol. The van der Waals surface area contributed by atoms with E-state index >= 15 is 0 Å². The van der Waals surface area contributed by atoms with E-state index < -0.39 is 16.4 Å². The van der Waals surface area contributed by atoms with Crippen molar-refractivity contribution < 1.29 is 9.32 Å². The van der Waals surface area contributed by atoms with Crippen molar-refractivity contribution in [2.24, 2.45) is 0 Å². The van der Waals surface area contributed by atoms with Gasteiger partial charge in [0.25, 0.3) is 0 Å². The quantitative estimate of drug-likeness (QED) is 0.730. The van der Waals surface area contributed by atoms with E-state index in [1.807, 2.05) is 13.8 Å². The third kappa shape index (κ3) is 4.07. The lowest BCUT2D eigenvalue weighted by molar-refractivity contribution is 0.0525. The maximum atomic E-state index is 11.1. The van der Waals surface area contributed by atoms with Crippen molar-refractivity contribution in [1.29, 1.82) is 0 Å². The summed E-state index contributed by atoms with van der Waals surface area (Å²) in [5.74, 6) is 1.62. The van der Waals surface area contributed by atoms with Crippen LogP contribution in [0.4, 0.5) is 0 Å². The highest BCUT2D eigenvalue weighted by Gasteiger charge is 2.22. The van der Waals surface area contributed by atoms with E-state index in [1.54, 1.807) is 0 Å². The minimum atomic E-state index is -0.601. The highest BCUT2D eigenvalue weighted by Crippen LogP contribution is 2.12. The van der Waals surface area contributed by atoms with E-state index in [9.17, 15) is 9.32 Å². The minimum absolute atomic E-state index is 0.450. The van der Waals surface area contributed by atoms with E-state index in [0.29, 0.717) is 12.6 Å². The zero-order valence-electron chi connectivity index (χ0n) is 9.08. The third-order valence-electron chi connectivity index (χ3n) is 2.92. The smallest absolute Gasteiger partial charge is 0.0741 e. The van der Waals surface area contributed by atoms with Gasteiger partial charge in [-0.3, -0.25) is 4.21 Å². The van der Waals surface area contributed by atoms with Gasteiger partial charge in [0.15, 0.2) is 0 Å². The van der Waals surface area contributed by atoms with Crippen molar-refractivity contribution in [1.82, 2.24) is 5.32 Å². The van der Waals surface area contributed by atoms with Crippen LogP contribution in [0.5, 0.6) is 0 Å². The summed E-state index contributed by atoms with van der Waals surface area (Å²) in [6, 6.07) is 0.450. The fourth-order valence-electron chi connectivity index (χ4n) is 1.49. The molecule has 0 aliphatic carbocycles. The Balaban J connectivity index is 2.22. The van der Waals surface area contributed by atoms with E-state index in [-0.39, 0.29) is 0 Å². The average Bonchev–Trinajstić information content (AvgIpc) is 2.17. The number of nitrogens with one attached hydrogen (secondary N) is 1. The number of aliphatic hydroxyl groups is 1. The van der Waals surface area contributed by atoms with Crippen molar-refractivity contribution >= 4 is 10.8 Å². The first kappa shape index (κ1) is 12.1. The zero-order valence-corrected chi connectivity index (χ0v) is 9.90. The van der Waals surface area contributed by atoms with Gasteiger partial charge < -0.3 is 10.4 Å². The summed E-state index contributed by atoms with van der Waals surface area (Å²) in [6.07, 6.45) is 2.72. The van der Waals surface area contributed by atoms with Crippen LogP contribution in [0.25, 0.3) is 0 Å². The molecule has 0 aromatic carbocycles. The molecule has 0 spiro atoms. The number of rotatable bonds is 4. The Morgan fingerprint density at radius 3 is 2.57 bits per heavy atom. The highest BCUT2D eigenvalue weighted by molar-refractivity contribution is 7.85. The van der Waals surface area contributed by atoms with E-state index in [1.165, 1.54) is 0 Å². The molecule has 0 aromatic rings. The summed E-state index contributed by atoms with van der Waals surface area (Å²) in [4.78, 5) is 0. The van der Waals surface area contributed by atoms with Crippen molar-refractivity contribution in [3.8, 4) is 0 Å². The monoisotopic (exact) mass is 219 g/mol. The second-order valence-corrected chi connectivity index (χ2v) is 6.05. The molecule has 2 N–H and O–H groups in total. The van der Waals surface area contributed by atoms with Crippen LogP contribution < -0.4 is 5.32 Å². The zero-order chi connectivity index (χ0) is 10.6. The Bertz CT molecular complexity index is 196. The van der Waals surface area contributed by atoms with Crippen LogP contribution in [-0.4, -0.2) is 39.0 Å². The van der Waals surface area contributed by atoms with Gasteiger partial charge in [0.05, 0.1) is 5.60 Å². The van der Waals surface area contributed by atoms with Crippen LogP contribution >= 0.6 is 0 Å². The van der Waals surface area contributed by atoms with Crippen LogP contribution in [0, 0.1) is 0 Å². The lowest BCUT2D eigenvalue weighted by atomic mass is 10.0. The molecule has 1 fully saturated rings. The molecule has 3 nitrogen and oxygen atoms in total. The molecule has 1 heterocycles. The van der Waals surface area contributed by atoms with Gasteiger partial charge in [-0.15, -0.1) is 0 Å². The van der Waals surface area contributed by atoms with Crippen LogP contribution in [0.3, 0.4) is 0 Å². The molecule has 0 saturated carbocycles. The van der Waals surface area contributed by atoms with E-state index in [0.717, 1.165) is 30.8 Å². The summed E-state index contributed by atoms with van der Waals surface area (Å²) < 4.78 is 11.1. The summed E-state index contributed by atoms with van der Waals surface area (Å²) in [7, 11) is -0.590. The van der Waals surface area contributed by atoms with Crippen molar-refractivity contribution in [3.63, 3.8) is 0 Å². The third-order valence-corrected chi connectivity index (χ3v) is 4.30. The Morgan fingerprint density at radius 1 is 1.50 bits per heavy atom. The lowest BCUT2D eigenvalue weighted by Crippen LogP contribution is -2.44. The fraction of sp³-hybridized carbons (Fsp3) is 1.00. The standard InChI is InChI=1S/C10H21NO2S/c1-3-10(2,12)8-11-9-4-6-14(13)7-5-9/h9,11-12H,3-8H2,1-2H3. The van der Waals surface area contributed by atoms with Gasteiger partial charge in [-0.1, -0.05) is 6.92 Å². The fourth-order valence-corrected chi connectivity index (χ4v) is 2.79. The molecule has 4 heteroatoms. The molecule has 0 bridgehead atoms. The van der Waals surface area contributed by atoms with Gasteiger partial charge in [-0.05, 0) is 26.2 Å². The molecule has 1 aliphatic rings. The molecular formula is C10H21NO2S. The topological polar surface area (TPSA) is 49.3 Å². The molecule has 1 aliphatic heterocycles. The van der Waals surface area contributed by atoms with Gasteiger partial charge in [0.1, 0.15) is 0 Å². The predicted octanol–water partition coefficient (Wildman–Crippen LogP) is 0.648. The van der Waals surface area contributed by atoms with E-state index in [4.69, 9.17) is 0 Å². The average molecular weight is 219 g/mol. The molecule has 0 aromatic heterocycles. The van der Waals surface area contributed by atoms with Crippen molar-refractivity contribution in [2.45, 2.75) is 44.8 Å². The van der Waals surface area contributed by atoms with Crippen LogP contribution in [-0.2, 0) is 10.8 Å². The van der Waals surface area contributed by atoms with Gasteiger partial charge in [-0.25, -0.2) is 0 Å². The molecule has 1 unspecified atom stereocenters. The second kappa shape index (κ2) is 5.24. The normalized spacial score (nSPS) is 32.5. The first-order valence-electron chi connectivity index (χ1n) is 5.34. The van der Waals surface area contributed by atoms with Gasteiger partial charge in [0, 0.05) is 34.9 Å². The van der Waals surface area contributed by atoms with Crippen LogP contribution in [0.1, 0.15) is 33.1 Å². The second-order valence-electron chi connectivity index (χ2n) is 4.35. The lowest BCUT2D eigenvalue weighted by Gasteiger charge is -2.28. The maximum absolute atomic E-state index is 11.1. The highest BCUT2D eigenvalue weighted by atomic mass is 32.2. The molecule has 1 atom stereocenters. The summed E-state index contributed by atoms with van der Waals surface area (Å²) in [5, 5.41) is 13.1. The Morgan fingerprint density at radius 2 is 2.07 bits per heavy atom. The Hall–Kier alpha value is 0.0700. The largest absolute Gasteiger partial charge is 0.389 e. The SMILES string of the molecule is CCC(C)(O)CNC1CCS(=O)CC1. The number of hydrogen-bond donors (Lipinski definition) is 2. The molecule has 0 radical (unpaired) electrons. The Labute approximate surface area is 88.7 Å².